The Kier molecular flexibility index (Phi) is 2.67. The monoisotopic (exact) mass is 298 g/mol. The van der Waals surface area contributed by atoms with E-state index in [1.165, 1.54) is 18.2 Å². The number of hydrogen-bond acceptors (Lipinski definition) is 2. The summed E-state index contributed by atoms with van der Waals surface area (Å²) in [5.41, 5.74) is 0.490. The van der Waals surface area contributed by atoms with Gasteiger partial charge < -0.3 is 10.6 Å². The van der Waals surface area contributed by atoms with Crippen LogP contribution in [-0.2, 0) is 0 Å². The van der Waals surface area contributed by atoms with Gasteiger partial charge in [-0.2, -0.15) is 0 Å². The molecule has 3 rings (SSSR count). The second-order valence-electron chi connectivity index (χ2n) is 4.61. The van der Waals surface area contributed by atoms with Crippen LogP contribution >= 0.6 is 15.9 Å². The van der Waals surface area contributed by atoms with Crippen LogP contribution in [0.15, 0.2) is 22.7 Å². The molecule has 1 saturated carbocycles. The molecule has 1 saturated heterocycles. The summed E-state index contributed by atoms with van der Waals surface area (Å²) >= 11 is 3.21. The molecule has 5 heteroatoms. The standard InChI is InChI=1S/C12H12BrFN2O/c13-10-3-6(14)1-2-7(10)12(17)16-11-8-4-15-5-9(8)11/h1-3,8-9,11,15H,4-5H2,(H,16,17). The summed E-state index contributed by atoms with van der Waals surface area (Å²) in [6.07, 6.45) is 0. The summed E-state index contributed by atoms with van der Waals surface area (Å²) in [5.74, 6) is 0.688. The zero-order valence-electron chi connectivity index (χ0n) is 9.04. The number of fused-ring (bicyclic) bond motifs is 1. The first-order valence-electron chi connectivity index (χ1n) is 5.63. The molecule has 0 radical (unpaired) electrons. The van der Waals surface area contributed by atoms with E-state index in [-0.39, 0.29) is 11.7 Å². The molecule has 90 valence electrons. The smallest absolute Gasteiger partial charge is 0.252 e. The van der Waals surface area contributed by atoms with Crippen LogP contribution in [0, 0.1) is 17.7 Å². The minimum atomic E-state index is -0.346. The molecule has 2 unspecified atom stereocenters. The molecule has 1 aromatic carbocycles. The third-order valence-electron chi connectivity index (χ3n) is 3.57. The maximum absolute atomic E-state index is 12.9. The summed E-state index contributed by atoms with van der Waals surface area (Å²) in [5, 5.41) is 6.27. The number of halogens is 2. The molecule has 2 aliphatic rings. The van der Waals surface area contributed by atoms with Crippen molar-refractivity contribution in [2.24, 2.45) is 11.8 Å². The fourth-order valence-electron chi connectivity index (χ4n) is 2.54. The normalized spacial score (nSPS) is 29.9. The number of carbonyl (C=O) groups excluding carboxylic acids is 1. The molecule has 1 aliphatic carbocycles. The van der Waals surface area contributed by atoms with Crippen molar-refractivity contribution >= 4 is 21.8 Å². The fourth-order valence-corrected chi connectivity index (χ4v) is 3.07. The molecular weight excluding hydrogens is 287 g/mol. The highest BCUT2D eigenvalue weighted by atomic mass is 79.9. The number of hydrogen-bond donors (Lipinski definition) is 2. The topological polar surface area (TPSA) is 41.1 Å². The van der Waals surface area contributed by atoms with Gasteiger partial charge in [0.05, 0.1) is 5.56 Å². The van der Waals surface area contributed by atoms with Gasteiger partial charge >= 0.3 is 0 Å². The lowest BCUT2D eigenvalue weighted by atomic mass is 10.2. The van der Waals surface area contributed by atoms with Gasteiger partial charge in [0.25, 0.3) is 5.91 Å². The van der Waals surface area contributed by atoms with Crippen molar-refractivity contribution in [2.75, 3.05) is 13.1 Å². The maximum Gasteiger partial charge on any atom is 0.252 e. The number of carbonyl (C=O) groups is 1. The molecule has 2 N–H and O–H groups in total. The van der Waals surface area contributed by atoms with Crippen LogP contribution in [0.2, 0.25) is 0 Å². The van der Waals surface area contributed by atoms with Crippen molar-refractivity contribution < 1.29 is 9.18 Å². The van der Waals surface area contributed by atoms with Crippen molar-refractivity contribution in [2.45, 2.75) is 6.04 Å². The Morgan fingerprint density at radius 1 is 1.41 bits per heavy atom. The minimum Gasteiger partial charge on any atom is -0.349 e. The molecule has 1 aromatic rings. The number of benzene rings is 1. The molecule has 0 bridgehead atoms. The van der Waals surface area contributed by atoms with Crippen molar-refractivity contribution in [3.05, 3.63) is 34.1 Å². The van der Waals surface area contributed by atoms with Crippen LogP contribution in [0.5, 0.6) is 0 Å². The third-order valence-corrected chi connectivity index (χ3v) is 4.22. The largest absolute Gasteiger partial charge is 0.349 e. The average molecular weight is 299 g/mol. The molecule has 2 fully saturated rings. The Hall–Kier alpha value is -0.940. The van der Waals surface area contributed by atoms with E-state index in [4.69, 9.17) is 0 Å². The van der Waals surface area contributed by atoms with Gasteiger partial charge in [-0.15, -0.1) is 0 Å². The molecule has 0 aromatic heterocycles. The van der Waals surface area contributed by atoms with E-state index >= 15 is 0 Å². The maximum atomic E-state index is 12.9. The van der Waals surface area contributed by atoms with Gasteiger partial charge in [-0.25, -0.2) is 4.39 Å². The van der Waals surface area contributed by atoms with Crippen molar-refractivity contribution in [1.82, 2.24) is 10.6 Å². The Bertz CT molecular complexity index is 470. The Morgan fingerprint density at radius 2 is 2.12 bits per heavy atom. The van der Waals surface area contributed by atoms with Gasteiger partial charge in [0, 0.05) is 23.6 Å². The van der Waals surface area contributed by atoms with E-state index in [0.29, 0.717) is 27.9 Å². The SMILES string of the molecule is O=C(NC1C2CNCC21)c1ccc(F)cc1Br. The average Bonchev–Trinajstić information content (AvgIpc) is 2.74. The summed E-state index contributed by atoms with van der Waals surface area (Å²) in [6, 6.07) is 4.41. The molecular formula is C12H12BrFN2O. The molecule has 1 amide bonds. The van der Waals surface area contributed by atoms with Gasteiger partial charge in [0.15, 0.2) is 0 Å². The van der Waals surface area contributed by atoms with Crippen molar-refractivity contribution in [3.63, 3.8) is 0 Å². The highest BCUT2D eigenvalue weighted by Crippen LogP contribution is 2.41. The summed E-state index contributed by atoms with van der Waals surface area (Å²) in [7, 11) is 0. The van der Waals surface area contributed by atoms with E-state index in [9.17, 15) is 9.18 Å². The lowest BCUT2D eigenvalue weighted by Crippen LogP contribution is -2.32. The van der Waals surface area contributed by atoms with Gasteiger partial charge in [0.1, 0.15) is 5.82 Å². The van der Waals surface area contributed by atoms with Crippen molar-refractivity contribution in [3.8, 4) is 0 Å². The van der Waals surface area contributed by atoms with Crippen LogP contribution in [0.25, 0.3) is 0 Å². The van der Waals surface area contributed by atoms with Crippen LogP contribution in [0.3, 0.4) is 0 Å². The Morgan fingerprint density at radius 3 is 2.76 bits per heavy atom. The third kappa shape index (κ3) is 1.98. The lowest BCUT2D eigenvalue weighted by molar-refractivity contribution is 0.0946. The van der Waals surface area contributed by atoms with Crippen molar-refractivity contribution in [1.29, 1.82) is 0 Å². The lowest BCUT2D eigenvalue weighted by Gasteiger charge is -2.09. The number of piperidine rings is 1. The molecule has 3 nitrogen and oxygen atoms in total. The number of rotatable bonds is 2. The molecule has 1 aliphatic heterocycles. The van der Waals surface area contributed by atoms with Gasteiger partial charge in [0.2, 0.25) is 0 Å². The van der Waals surface area contributed by atoms with Crippen LogP contribution in [0.1, 0.15) is 10.4 Å². The number of amides is 1. The van der Waals surface area contributed by atoms with E-state index in [1.807, 2.05) is 0 Å². The first-order chi connectivity index (χ1) is 8.16. The quantitative estimate of drug-likeness (QED) is 0.869. The van der Waals surface area contributed by atoms with E-state index in [1.54, 1.807) is 0 Å². The number of nitrogens with one attached hydrogen (secondary N) is 2. The highest BCUT2D eigenvalue weighted by Gasteiger charge is 2.53. The zero-order valence-corrected chi connectivity index (χ0v) is 10.6. The first kappa shape index (κ1) is 11.2. The summed E-state index contributed by atoms with van der Waals surface area (Å²) in [6.45, 7) is 1.97. The zero-order chi connectivity index (χ0) is 12.0. The minimum absolute atomic E-state index is 0.128. The van der Waals surface area contributed by atoms with Gasteiger partial charge in [-0.3, -0.25) is 4.79 Å². The van der Waals surface area contributed by atoms with Gasteiger partial charge in [-0.05, 0) is 46.0 Å². The highest BCUT2D eigenvalue weighted by molar-refractivity contribution is 9.10. The fraction of sp³-hybridized carbons (Fsp3) is 0.417. The summed E-state index contributed by atoms with van der Waals surface area (Å²) in [4.78, 5) is 12.0. The summed E-state index contributed by atoms with van der Waals surface area (Å²) < 4.78 is 13.4. The second-order valence-corrected chi connectivity index (χ2v) is 5.46. The van der Waals surface area contributed by atoms with Crippen LogP contribution < -0.4 is 10.6 Å². The molecule has 0 spiro atoms. The van der Waals surface area contributed by atoms with Gasteiger partial charge in [-0.1, -0.05) is 0 Å². The van der Waals surface area contributed by atoms with E-state index in [2.05, 4.69) is 26.6 Å². The Balaban J connectivity index is 1.70. The predicted molar refractivity (Wildman–Crippen MR) is 65.2 cm³/mol. The predicted octanol–water partition coefficient (Wildman–Crippen LogP) is 1.54. The molecule has 17 heavy (non-hydrogen) atoms. The first-order valence-corrected chi connectivity index (χ1v) is 6.43. The molecule has 1 heterocycles. The Labute approximate surface area is 107 Å². The van der Waals surface area contributed by atoms with E-state index in [0.717, 1.165) is 13.1 Å². The molecule has 2 atom stereocenters. The second kappa shape index (κ2) is 4.07. The van der Waals surface area contributed by atoms with Crippen LogP contribution in [0.4, 0.5) is 4.39 Å². The van der Waals surface area contributed by atoms with E-state index < -0.39 is 0 Å². The van der Waals surface area contributed by atoms with Crippen LogP contribution in [-0.4, -0.2) is 25.0 Å².